The van der Waals surface area contributed by atoms with Gasteiger partial charge in [0.1, 0.15) is 12.4 Å². The Labute approximate surface area is 153 Å². The summed E-state index contributed by atoms with van der Waals surface area (Å²) < 4.78 is 5.82. The van der Waals surface area contributed by atoms with Gasteiger partial charge in [-0.3, -0.25) is 4.79 Å². The van der Waals surface area contributed by atoms with Crippen molar-refractivity contribution in [3.63, 3.8) is 0 Å². The van der Waals surface area contributed by atoms with Gasteiger partial charge in [0.05, 0.1) is 0 Å². The van der Waals surface area contributed by atoms with E-state index in [-0.39, 0.29) is 11.8 Å². The minimum absolute atomic E-state index is 0.0967. The Morgan fingerprint density at radius 2 is 2.04 bits per heavy atom. The summed E-state index contributed by atoms with van der Waals surface area (Å²) in [7, 11) is 0. The average molecular weight is 359 g/mol. The second-order valence-corrected chi connectivity index (χ2v) is 6.85. The van der Waals surface area contributed by atoms with Crippen LogP contribution < -0.4 is 15.4 Å². The Hall–Kier alpha value is -2.04. The Kier molecular flexibility index (Phi) is 5.95. The van der Waals surface area contributed by atoms with Crippen LogP contribution in [-0.2, 0) is 11.4 Å². The monoisotopic (exact) mass is 358 g/mol. The van der Waals surface area contributed by atoms with Crippen molar-refractivity contribution in [3.05, 3.63) is 58.6 Å². The van der Waals surface area contributed by atoms with E-state index < -0.39 is 0 Å². The molecule has 2 N–H and O–H groups in total. The van der Waals surface area contributed by atoms with Gasteiger partial charge in [0, 0.05) is 16.6 Å². The van der Waals surface area contributed by atoms with Crippen LogP contribution in [0, 0.1) is 12.8 Å². The molecule has 2 aromatic rings. The molecule has 1 aliphatic heterocycles. The first-order valence-corrected chi connectivity index (χ1v) is 8.99. The van der Waals surface area contributed by atoms with Crippen LogP contribution in [0.1, 0.15) is 24.0 Å². The largest absolute Gasteiger partial charge is 0.489 e. The van der Waals surface area contributed by atoms with Gasteiger partial charge in [-0.1, -0.05) is 23.7 Å². The highest BCUT2D eigenvalue weighted by Gasteiger charge is 2.21. The average Bonchev–Trinajstić information content (AvgIpc) is 2.63. The van der Waals surface area contributed by atoms with Gasteiger partial charge >= 0.3 is 0 Å². The number of amides is 1. The lowest BCUT2D eigenvalue weighted by molar-refractivity contribution is -0.120. The van der Waals surface area contributed by atoms with Gasteiger partial charge in [0.25, 0.3) is 0 Å². The molecule has 3 rings (SSSR count). The van der Waals surface area contributed by atoms with Gasteiger partial charge in [0.15, 0.2) is 0 Å². The van der Waals surface area contributed by atoms with Gasteiger partial charge in [0.2, 0.25) is 5.91 Å². The summed E-state index contributed by atoms with van der Waals surface area (Å²) in [5.74, 6) is 0.981. The second-order valence-electron chi connectivity index (χ2n) is 6.41. The van der Waals surface area contributed by atoms with Crippen molar-refractivity contribution in [1.82, 2.24) is 5.32 Å². The van der Waals surface area contributed by atoms with Crippen molar-refractivity contribution < 1.29 is 9.53 Å². The summed E-state index contributed by atoms with van der Waals surface area (Å²) in [6, 6.07) is 13.4. The van der Waals surface area contributed by atoms with Crippen molar-refractivity contribution in [2.45, 2.75) is 26.4 Å². The number of hydrogen-bond donors (Lipinski definition) is 2. The van der Waals surface area contributed by atoms with Crippen LogP contribution in [0.2, 0.25) is 5.02 Å². The maximum atomic E-state index is 12.4. The highest BCUT2D eigenvalue weighted by Crippen LogP contribution is 2.24. The zero-order valence-corrected chi connectivity index (χ0v) is 15.1. The van der Waals surface area contributed by atoms with E-state index in [4.69, 9.17) is 16.3 Å². The summed E-state index contributed by atoms with van der Waals surface area (Å²) >= 11 is 5.99. The molecule has 0 bridgehead atoms. The van der Waals surface area contributed by atoms with Crippen molar-refractivity contribution in [3.8, 4) is 5.75 Å². The predicted octanol–water partition coefficient (Wildman–Crippen LogP) is 4.17. The number of benzene rings is 2. The quantitative estimate of drug-likeness (QED) is 0.843. The van der Waals surface area contributed by atoms with E-state index in [0.29, 0.717) is 11.6 Å². The molecule has 0 saturated carbocycles. The number of anilines is 1. The van der Waals surface area contributed by atoms with Gasteiger partial charge < -0.3 is 15.4 Å². The van der Waals surface area contributed by atoms with Gasteiger partial charge in [-0.25, -0.2) is 0 Å². The van der Waals surface area contributed by atoms with Gasteiger partial charge in [-0.2, -0.15) is 0 Å². The molecular formula is C20H23ClN2O2. The van der Waals surface area contributed by atoms with Gasteiger partial charge in [-0.05, 0) is 74.3 Å². The number of piperidine rings is 1. The molecule has 132 valence electrons. The number of halogens is 1. The number of hydrogen-bond acceptors (Lipinski definition) is 3. The molecule has 1 amide bonds. The van der Waals surface area contributed by atoms with Crippen molar-refractivity contribution in [1.29, 1.82) is 0 Å². The smallest absolute Gasteiger partial charge is 0.227 e. The van der Waals surface area contributed by atoms with Crippen LogP contribution >= 0.6 is 11.6 Å². The van der Waals surface area contributed by atoms with E-state index in [2.05, 4.69) is 10.6 Å². The number of ether oxygens (including phenoxy) is 1. The summed E-state index contributed by atoms with van der Waals surface area (Å²) in [5.41, 5.74) is 2.86. The Morgan fingerprint density at radius 1 is 1.24 bits per heavy atom. The number of nitrogens with one attached hydrogen (secondary N) is 2. The number of rotatable bonds is 5. The normalized spacial score (nSPS) is 15.0. The van der Waals surface area contributed by atoms with Crippen molar-refractivity contribution in [2.75, 3.05) is 18.4 Å². The summed E-state index contributed by atoms with van der Waals surface area (Å²) in [6.45, 7) is 4.26. The zero-order chi connectivity index (χ0) is 17.6. The molecule has 1 fully saturated rings. The van der Waals surface area contributed by atoms with E-state index in [0.717, 1.165) is 48.5 Å². The molecule has 1 aliphatic rings. The van der Waals surface area contributed by atoms with E-state index in [9.17, 15) is 4.79 Å². The lowest BCUT2D eigenvalue weighted by atomic mass is 9.97. The lowest BCUT2D eigenvalue weighted by Crippen LogP contribution is -2.34. The van der Waals surface area contributed by atoms with E-state index in [1.165, 1.54) is 0 Å². The maximum absolute atomic E-state index is 12.4. The molecule has 0 spiro atoms. The summed E-state index contributed by atoms with van der Waals surface area (Å²) in [4.78, 5) is 12.4. The van der Waals surface area contributed by atoms with E-state index in [1.807, 2.05) is 49.4 Å². The Bertz CT molecular complexity index is 742. The fraction of sp³-hybridized carbons (Fsp3) is 0.350. The molecule has 5 heteroatoms. The first kappa shape index (κ1) is 17.8. The Balaban J connectivity index is 1.59. The molecule has 25 heavy (non-hydrogen) atoms. The molecule has 0 unspecified atom stereocenters. The van der Waals surface area contributed by atoms with Crippen LogP contribution in [0.5, 0.6) is 5.75 Å². The molecular weight excluding hydrogens is 336 g/mol. The van der Waals surface area contributed by atoms with Crippen LogP contribution in [-0.4, -0.2) is 19.0 Å². The van der Waals surface area contributed by atoms with Crippen LogP contribution in [0.3, 0.4) is 0 Å². The first-order valence-electron chi connectivity index (χ1n) is 8.61. The molecule has 1 heterocycles. The van der Waals surface area contributed by atoms with Crippen LogP contribution in [0.4, 0.5) is 5.69 Å². The van der Waals surface area contributed by atoms with Crippen molar-refractivity contribution in [2.24, 2.45) is 5.92 Å². The van der Waals surface area contributed by atoms with E-state index in [1.54, 1.807) is 0 Å². The minimum atomic E-state index is 0.0967. The molecule has 2 aromatic carbocycles. The van der Waals surface area contributed by atoms with Crippen LogP contribution in [0.25, 0.3) is 0 Å². The Morgan fingerprint density at radius 3 is 2.76 bits per heavy atom. The van der Waals surface area contributed by atoms with Crippen LogP contribution in [0.15, 0.2) is 42.5 Å². The standard InChI is InChI=1S/C20H23ClN2O2/c1-14-11-18(25-13-15-3-2-4-17(21)12-15)5-6-19(14)23-20(24)16-7-9-22-10-8-16/h2-6,11-12,16,22H,7-10,13H2,1H3,(H,23,24). The summed E-state index contributed by atoms with van der Waals surface area (Å²) in [6.07, 6.45) is 1.79. The fourth-order valence-corrected chi connectivity index (χ4v) is 3.19. The lowest BCUT2D eigenvalue weighted by Gasteiger charge is -2.22. The third-order valence-electron chi connectivity index (χ3n) is 4.46. The third-order valence-corrected chi connectivity index (χ3v) is 4.70. The fourth-order valence-electron chi connectivity index (χ4n) is 2.98. The molecule has 0 aromatic heterocycles. The topological polar surface area (TPSA) is 50.4 Å². The zero-order valence-electron chi connectivity index (χ0n) is 14.3. The van der Waals surface area contributed by atoms with Crippen molar-refractivity contribution >= 4 is 23.2 Å². The molecule has 0 radical (unpaired) electrons. The third kappa shape index (κ3) is 4.97. The first-order chi connectivity index (χ1) is 12.1. The minimum Gasteiger partial charge on any atom is -0.489 e. The molecule has 0 aliphatic carbocycles. The highest BCUT2D eigenvalue weighted by molar-refractivity contribution is 6.30. The number of carbonyl (C=O) groups excluding carboxylic acids is 1. The maximum Gasteiger partial charge on any atom is 0.227 e. The molecule has 0 atom stereocenters. The second kappa shape index (κ2) is 8.37. The molecule has 1 saturated heterocycles. The molecule has 4 nitrogen and oxygen atoms in total. The SMILES string of the molecule is Cc1cc(OCc2cccc(Cl)c2)ccc1NC(=O)C1CCNCC1. The summed E-state index contributed by atoms with van der Waals surface area (Å²) in [5, 5.41) is 7.03. The van der Waals surface area contributed by atoms with E-state index >= 15 is 0 Å². The number of carbonyl (C=O) groups is 1. The highest BCUT2D eigenvalue weighted by atomic mass is 35.5. The predicted molar refractivity (Wildman–Crippen MR) is 101 cm³/mol. The van der Waals surface area contributed by atoms with Gasteiger partial charge in [-0.15, -0.1) is 0 Å². The number of aryl methyl sites for hydroxylation is 1.